The van der Waals surface area contributed by atoms with E-state index in [2.05, 4.69) is 15.9 Å². The number of carbonyl (C=O) groups is 1. The molecule has 0 bridgehead atoms. The van der Waals surface area contributed by atoms with Crippen LogP contribution in [-0.4, -0.2) is 12.4 Å². The fourth-order valence-electron chi connectivity index (χ4n) is 2.67. The summed E-state index contributed by atoms with van der Waals surface area (Å²) in [5.74, 6) is 0.889. The topological polar surface area (TPSA) is 39.4 Å². The van der Waals surface area contributed by atoms with Gasteiger partial charge in [-0.1, -0.05) is 24.3 Å². The van der Waals surface area contributed by atoms with E-state index in [0.29, 0.717) is 29.3 Å². The molecule has 0 unspecified atom stereocenters. The first kappa shape index (κ1) is 12.7. The molecule has 3 aromatic rings. The maximum atomic E-state index is 12.7. The summed E-state index contributed by atoms with van der Waals surface area (Å²) in [5, 5.41) is 0.904. The van der Waals surface area contributed by atoms with Crippen molar-refractivity contribution in [2.45, 2.75) is 6.42 Å². The third-order valence-corrected chi connectivity index (χ3v) is 4.30. The van der Waals surface area contributed by atoms with E-state index in [-0.39, 0.29) is 5.78 Å². The lowest BCUT2D eigenvalue weighted by Gasteiger charge is -2.05. The summed E-state index contributed by atoms with van der Waals surface area (Å²) in [6.07, 6.45) is 0.849. The molecule has 2 heterocycles. The van der Waals surface area contributed by atoms with Crippen LogP contribution in [0.5, 0.6) is 5.75 Å². The van der Waals surface area contributed by atoms with Gasteiger partial charge in [0.2, 0.25) is 5.78 Å². The molecule has 4 heteroatoms. The molecule has 0 saturated carbocycles. The van der Waals surface area contributed by atoms with Crippen LogP contribution in [0.3, 0.4) is 0 Å². The number of para-hydroxylation sites is 2. The maximum Gasteiger partial charge on any atom is 0.231 e. The van der Waals surface area contributed by atoms with Gasteiger partial charge in [0.1, 0.15) is 11.3 Å². The standard InChI is InChI=1S/C17H11BrO3/c18-13-6-2-4-11-9-14(21-17(11)13)15(19)12-5-1-3-10-7-8-20-16(10)12/h1-6,9H,7-8H2. The monoisotopic (exact) mass is 342 g/mol. The fraction of sp³-hybridized carbons (Fsp3) is 0.118. The lowest BCUT2D eigenvalue weighted by Crippen LogP contribution is -2.02. The minimum absolute atomic E-state index is 0.142. The summed E-state index contributed by atoms with van der Waals surface area (Å²) in [4.78, 5) is 12.7. The van der Waals surface area contributed by atoms with Gasteiger partial charge in [0, 0.05) is 11.8 Å². The molecular formula is C17H11BrO3. The van der Waals surface area contributed by atoms with E-state index >= 15 is 0 Å². The zero-order valence-electron chi connectivity index (χ0n) is 11.1. The molecule has 1 aliphatic rings. The molecule has 0 spiro atoms. The lowest BCUT2D eigenvalue weighted by molar-refractivity contribution is 0.101. The van der Waals surface area contributed by atoms with Crippen LogP contribution in [0.25, 0.3) is 11.0 Å². The van der Waals surface area contributed by atoms with E-state index < -0.39 is 0 Å². The van der Waals surface area contributed by atoms with Crippen molar-refractivity contribution in [1.29, 1.82) is 0 Å². The van der Waals surface area contributed by atoms with Gasteiger partial charge >= 0.3 is 0 Å². The predicted octanol–water partition coefficient (Wildman–Crippen LogP) is 4.36. The Hall–Kier alpha value is -2.07. The zero-order chi connectivity index (χ0) is 14.4. The highest BCUT2D eigenvalue weighted by atomic mass is 79.9. The quantitative estimate of drug-likeness (QED) is 0.649. The summed E-state index contributed by atoms with van der Waals surface area (Å²) in [5.41, 5.74) is 2.34. The molecular weight excluding hydrogens is 332 g/mol. The molecule has 0 amide bonds. The van der Waals surface area contributed by atoms with Crippen molar-refractivity contribution in [2.24, 2.45) is 0 Å². The Morgan fingerprint density at radius 3 is 2.86 bits per heavy atom. The van der Waals surface area contributed by atoms with Gasteiger partial charge in [-0.25, -0.2) is 0 Å². The number of ketones is 1. The largest absolute Gasteiger partial charge is 0.492 e. The number of furan rings is 1. The molecule has 0 atom stereocenters. The summed E-state index contributed by atoms with van der Waals surface area (Å²) in [6, 6.07) is 13.2. The molecule has 0 saturated heterocycles. The third kappa shape index (κ3) is 1.98. The molecule has 4 rings (SSSR count). The zero-order valence-corrected chi connectivity index (χ0v) is 12.6. The Morgan fingerprint density at radius 1 is 1.14 bits per heavy atom. The molecule has 0 N–H and O–H groups in total. The van der Waals surface area contributed by atoms with Gasteiger partial charge in [0.25, 0.3) is 0 Å². The molecule has 2 aromatic carbocycles. The summed E-state index contributed by atoms with van der Waals surface area (Å²) in [7, 11) is 0. The highest BCUT2D eigenvalue weighted by Gasteiger charge is 2.23. The Balaban J connectivity index is 1.84. The number of carbonyl (C=O) groups excluding carboxylic acids is 1. The first-order chi connectivity index (χ1) is 10.2. The van der Waals surface area contributed by atoms with E-state index in [9.17, 15) is 4.79 Å². The second kappa shape index (κ2) is 4.74. The van der Waals surface area contributed by atoms with E-state index in [1.165, 1.54) is 0 Å². The highest BCUT2D eigenvalue weighted by Crippen LogP contribution is 2.33. The van der Waals surface area contributed by atoms with E-state index in [1.807, 2.05) is 30.3 Å². The molecule has 21 heavy (non-hydrogen) atoms. The van der Waals surface area contributed by atoms with Gasteiger partial charge in [-0.05, 0) is 39.7 Å². The molecule has 0 radical (unpaired) electrons. The van der Waals surface area contributed by atoms with Crippen molar-refractivity contribution < 1.29 is 13.9 Å². The molecule has 104 valence electrons. The van der Waals surface area contributed by atoms with E-state index in [0.717, 1.165) is 21.8 Å². The third-order valence-electron chi connectivity index (χ3n) is 3.68. The van der Waals surface area contributed by atoms with Crippen LogP contribution in [0.1, 0.15) is 21.7 Å². The summed E-state index contributed by atoms with van der Waals surface area (Å²) < 4.78 is 12.2. The highest BCUT2D eigenvalue weighted by molar-refractivity contribution is 9.10. The molecule has 1 aliphatic heterocycles. The predicted molar refractivity (Wildman–Crippen MR) is 83.0 cm³/mol. The van der Waals surface area contributed by atoms with Crippen molar-refractivity contribution in [2.75, 3.05) is 6.61 Å². The minimum Gasteiger partial charge on any atom is -0.492 e. The first-order valence-corrected chi connectivity index (χ1v) is 7.51. The van der Waals surface area contributed by atoms with Crippen molar-refractivity contribution in [1.82, 2.24) is 0 Å². The SMILES string of the molecule is O=C(c1cc2cccc(Br)c2o1)c1cccc2c1OCC2. The number of halogens is 1. The Bertz CT molecular complexity index is 864. The smallest absolute Gasteiger partial charge is 0.231 e. The summed E-state index contributed by atoms with van der Waals surface area (Å²) in [6.45, 7) is 0.630. The Kier molecular flexibility index (Phi) is 2.86. The number of benzene rings is 2. The molecule has 0 fully saturated rings. The number of hydrogen-bond acceptors (Lipinski definition) is 3. The number of rotatable bonds is 2. The maximum absolute atomic E-state index is 12.7. The van der Waals surface area contributed by atoms with Gasteiger partial charge in [0.05, 0.1) is 16.6 Å². The van der Waals surface area contributed by atoms with Gasteiger partial charge in [-0.3, -0.25) is 4.79 Å². The molecule has 1 aromatic heterocycles. The molecule has 0 aliphatic carbocycles. The fourth-order valence-corrected chi connectivity index (χ4v) is 3.13. The number of hydrogen-bond donors (Lipinski definition) is 0. The minimum atomic E-state index is -0.142. The van der Waals surface area contributed by atoms with Crippen LogP contribution < -0.4 is 4.74 Å². The Labute approximate surface area is 129 Å². The van der Waals surface area contributed by atoms with Gasteiger partial charge in [-0.2, -0.15) is 0 Å². The van der Waals surface area contributed by atoms with Crippen LogP contribution in [0, 0.1) is 0 Å². The number of fused-ring (bicyclic) bond motifs is 2. The van der Waals surface area contributed by atoms with Gasteiger partial charge < -0.3 is 9.15 Å². The number of ether oxygens (including phenoxy) is 1. The summed E-state index contributed by atoms with van der Waals surface area (Å²) >= 11 is 3.44. The van der Waals surface area contributed by atoms with Crippen LogP contribution in [0.2, 0.25) is 0 Å². The average molecular weight is 343 g/mol. The van der Waals surface area contributed by atoms with Crippen LogP contribution in [0.15, 0.2) is 51.4 Å². The molecule has 3 nitrogen and oxygen atoms in total. The van der Waals surface area contributed by atoms with Gasteiger partial charge in [0.15, 0.2) is 5.76 Å². The second-order valence-electron chi connectivity index (χ2n) is 4.99. The Morgan fingerprint density at radius 2 is 2.00 bits per heavy atom. The van der Waals surface area contributed by atoms with Crippen molar-refractivity contribution in [3.05, 3.63) is 63.8 Å². The van der Waals surface area contributed by atoms with Gasteiger partial charge in [-0.15, -0.1) is 0 Å². The van der Waals surface area contributed by atoms with Crippen molar-refractivity contribution in [3.63, 3.8) is 0 Å². The lowest BCUT2D eigenvalue weighted by atomic mass is 10.0. The normalized spacial score (nSPS) is 13.2. The van der Waals surface area contributed by atoms with Crippen LogP contribution in [0.4, 0.5) is 0 Å². The van der Waals surface area contributed by atoms with Crippen LogP contribution in [-0.2, 0) is 6.42 Å². The van der Waals surface area contributed by atoms with E-state index in [4.69, 9.17) is 9.15 Å². The first-order valence-electron chi connectivity index (χ1n) is 6.71. The van der Waals surface area contributed by atoms with E-state index in [1.54, 1.807) is 12.1 Å². The van der Waals surface area contributed by atoms with Crippen LogP contribution >= 0.6 is 15.9 Å². The van der Waals surface area contributed by atoms with Crippen molar-refractivity contribution >= 4 is 32.7 Å². The average Bonchev–Trinajstić information content (AvgIpc) is 3.13. The second-order valence-corrected chi connectivity index (χ2v) is 5.84. The van der Waals surface area contributed by atoms with Crippen molar-refractivity contribution in [3.8, 4) is 5.75 Å².